The minimum atomic E-state index is -0.780. The predicted molar refractivity (Wildman–Crippen MR) is 80.1 cm³/mol. The number of rotatable bonds is 4. The highest BCUT2D eigenvalue weighted by Gasteiger charge is 2.07. The largest absolute Gasteiger partial charge is 0.323 e. The summed E-state index contributed by atoms with van der Waals surface area (Å²) in [5, 5.41) is 4.83. The van der Waals surface area contributed by atoms with Crippen LogP contribution in [0.15, 0.2) is 42.5 Å². The first-order chi connectivity index (χ1) is 10.5. The van der Waals surface area contributed by atoms with Crippen molar-refractivity contribution in [3.05, 3.63) is 59.7 Å². The van der Waals surface area contributed by atoms with Gasteiger partial charge in [0.25, 0.3) is 0 Å². The van der Waals surface area contributed by atoms with E-state index in [1.54, 1.807) is 31.2 Å². The van der Waals surface area contributed by atoms with Gasteiger partial charge in [-0.25, -0.2) is 13.6 Å². The summed E-state index contributed by atoms with van der Waals surface area (Å²) >= 11 is 0. The van der Waals surface area contributed by atoms with Crippen molar-refractivity contribution in [1.82, 2.24) is 0 Å². The number of carbonyl (C=O) groups excluding carboxylic acids is 2. The molecule has 0 fully saturated rings. The smallest absolute Gasteiger partial charge is 0.308 e. The average Bonchev–Trinajstić information content (AvgIpc) is 2.46. The van der Waals surface area contributed by atoms with Crippen LogP contribution in [0.5, 0.6) is 0 Å². The van der Waals surface area contributed by atoms with Crippen LogP contribution in [0.25, 0.3) is 0 Å². The first-order valence-electron chi connectivity index (χ1n) is 6.65. The first kappa shape index (κ1) is 15.6. The second kappa shape index (κ2) is 6.80. The number of nitrogens with one attached hydrogen (secondary N) is 2. The Kier molecular flexibility index (Phi) is 4.83. The van der Waals surface area contributed by atoms with Crippen molar-refractivity contribution in [1.29, 1.82) is 0 Å². The van der Waals surface area contributed by atoms with Gasteiger partial charge in [0.15, 0.2) is 5.78 Å². The summed E-state index contributed by atoms with van der Waals surface area (Å²) in [6.45, 7) is 1.76. The molecule has 0 aliphatic carbocycles. The molecule has 114 valence electrons. The number of urea groups is 1. The van der Waals surface area contributed by atoms with E-state index in [1.165, 1.54) is 0 Å². The van der Waals surface area contributed by atoms with E-state index < -0.39 is 17.7 Å². The van der Waals surface area contributed by atoms with Crippen LogP contribution in [-0.2, 0) is 0 Å². The molecule has 2 aromatic carbocycles. The lowest BCUT2D eigenvalue weighted by molar-refractivity contribution is 0.0988. The van der Waals surface area contributed by atoms with E-state index in [9.17, 15) is 18.4 Å². The van der Waals surface area contributed by atoms with Crippen LogP contribution in [0.2, 0.25) is 0 Å². The van der Waals surface area contributed by atoms with E-state index >= 15 is 0 Å². The molecule has 0 aromatic heterocycles. The number of hydrogen-bond donors (Lipinski definition) is 2. The van der Waals surface area contributed by atoms with Gasteiger partial charge in [-0.3, -0.25) is 4.79 Å². The minimum Gasteiger partial charge on any atom is -0.308 e. The molecule has 0 heterocycles. The van der Waals surface area contributed by atoms with Crippen molar-refractivity contribution < 1.29 is 18.4 Å². The fourth-order valence-corrected chi connectivity index (χ4v) is 1.86. The van der Waals surface area contributed by atoms with Gasteiger partial charge in [0, 0.05) is 29.4 Å². The Balaban J connectivity index is 2.01. The number of amides is 2. The van der Waals surface area contributed by atoms with E-state index in [-0.39, 0.29) is 11.5 Å². The molecule has 2 amide bonds. The lowest BCUT2D eigenvalue weighted by Crippen LogP contribution is -2.19. The third-order valence-corrected chi connectivity index (χ3v) is 2.91. The Morgan fingerprint density at radius 1 is 0.909 bits per heavy atom. The van der Waals surface area contributed by atoms with Crippen molar-refractivity contribution in [3.63, 3.8) is 0 Å². The van der Waals surface area contributed by atoms with E-state index in [0.29, 0.717) is 23.7 Å². The van der Waals surface area contributed by atoms with Gasteiger partial charge >= 0.3 is 6.03 Å². The van der Waals surface area contributed by atoms with E-state index in [4.69, 9.17) is 0 Å². The van der Waals surface area contributed by atoms with E-state index in [2.05, 4.69) is 10.6 Å². The van der Waals surface area contributed by atoms with Crippen LogP contribution >= 0.6 is 0 Å². The van der Waals surface area contributed by atoms with Gasteiger partial charge in [-0.05, 0) is 36.4 Å². The highest BCUT2D eigenvalue weighted by atomic mass is 19.1. The molecule has 0 aliphatic heterocycles. The lowest BCUT2D eigenvalue weighted by atomic mass is 10.1. The molecule has 0 aliphatic rings. The predicted octanol–water partition coefficient (Wildman–Crippen LogP) is 4.20. The maximum atomic E-state index is 13.0. The monoisotopic (exact) mass is 304 g/mol. The fraction of sp³-hybridized carbons (Fsp3) is 0.125. The van der Waals surface area contributed by atoms with Crippen LogP contribution in [0.4, 0.5) is 25.0 Å². The van der Waals surface area contributed by atoms with Gasteiger partial charge in [-0.1, -0.05) is 6.92 Å². The van der Waals surface area contributed by atoms with Crippen molar-refractivity contribution in [2.24, 2.45) is 0 Å². The van der Waals surface area contributed by atoms with Crippen LogP contribution in [0, 0.1) is 11.6 Å². The maximum Gasteiger partial charge on any atom is 0.323 e. The van der Waals surface area contributed by atoms with Gasteiger partial charge in [0.05, 0.1) is 0 Å². The number of carbonyl (C=O) groups is 2. The highest BCUT2D eigenvalue weighted by molar-refractivity contribution is 6.00. The summed E-state index contributed by atoms with van der Waals surface area (Å²) in [6, 6.07) is 8.44. The number of Topliss-reactive ketones (excluding diaryl/α,β-unsaturated/α-hetero) is 1. The molecule has 0 bridgehead atoms. The first-order valence-corrected chi connectivity index (χ1v) is 6.65. The molecule has 2 N–H and O–H groups in total. The molecule has 0 unspecified atom stereocenters. The molecule has 0 atom stereocenters. The quantitative estimate of drug-likeness (QED) is 0.832. The number of hydrogen-bond acceptors (Lipinski definition) is 2. The number of anilines is 2. The molecule has 0 saturated carbocycles. The standard InChI is InChI=1S/C16H14F2N2O2/c1-2-15(21)10-3-5-13(6-4-10)19-16(22)20-14-8-11(17)7-12(18)9-14/h3-9H,2H2,1H3,(H2,19,20,22). The molecule has 2 aromatic rings. The second-order valence-electron chi connectivity index (χ2n) is 4.59. The van der Waals surface area contributed by atoms with Crippen LogP contribution in [-0.4, -0.2) is 11.8 Å². The third kappa shape index (κ3) is 4.12. The second-order valence-corrected chi connectivity index (χ2v) is 4.59. The van der Waals surface area contributed by atoms with Crippen molar-refractivity contribution in [2.75, 3.05) is 10.6 Å². The maximum absolute atomic E-state index is 13.0. The van der Waals surface area contributed by atoms with Gasteiger partial charge in [0.2, 0.25) is 0 Å². The Morgan fingerprint density at radius 2 is 1.45 bits per heavy atom. The number of ketones is 1. The van der Waals surface area contributed by atoms with Crippen LogP contribution in [0.3, 0.4) is 0 Å². The fourth-order valence-electron chi connectivity index (χ4n) is 1.86. The van der Waals surface area contributed by atoms with Crippen molar-refractivity contribution in [3.8, 4) is 0 Å². The molecular formula is C16H14F2N2O2. The molecule has 0 saturated heterocycles. The minimum absolute atomic E-state index is 0.00578. The lowest BCUT2D eigenvalue weighted by Gasteiger charge is -2.08. The molecule has 0 spiro atoms. The Hall–Kier alpha value is -2.76. The molecule has 4 nitrogen and oxygen atoms in total. The van der Waals surface area contributed by atoms with E-state index in [0.717, 1.165) is 12.1 Å². The van der Waals surface area contributed by atoms with Crippen LogP contribution < -0.4 is 10.6 Å². The summed E-state index contributed by atoms with van der Waals surface area (Å²) in [4.78, 5) is 23.2. The summed E-state index contributed by atoms with van der Waals surface area (Å²) < 4.78 is 26.0. The Labute approximate surface area is 126 Å². The third-order valence-electron chi connectivity index (χ3n) is 2.91. The Morgan fingerprint density at radius 3 is 2.00 bits per heavy atom. The molecule has 0 radical (unpaired) electrons. The summed E-state index contributed by atoms with van der Waals surface area (Å²) in [7, 11) is 0. The van der Waals surface area contributed by atoms with Gasteiger partial charge in [-0.15, -0.1) is 0 Å². The van der Waals surface area contributed by atoms with Gasteiger partial charge in [-0.2, -0.15) is 0 Å². The molecule has 6 heteroatoms. The van der Waals surface area contributed by atoms with Crippen LogP contribution in [0.1, 0.15) is 23.7 Å². The van der Waals surface area contributed by atoms with E-state index in [1.807, 2.05) is 0 Å². The molecule has 22 heavy (non-hydrogen) atoms. The zero-order valence-electron chi connectivity index (χ0n) is 11.8. The highest BCUT2D eigenvalue weighted by Crippen LogP contribution is 2.15. The van der Waals surface area contributed by atoms with Crippen molar-refractivity contribution >= 4 is 23.2 Å². The SMILES string of the molecule is CCC(=O)c1ccc(NC(=O)Nc2cc(F)cc(F)c2)cc1. The Bertz CT molecular complexity index is 680. The summed E-state index contributed by atoms with van der Waals surface area (Å²) in [5.74, 6) is -1.55. The number of halogens is 2. The molecule has 2 rings (SSSR count). The summed E-state index contributed by atoms with van der Waals surface area (Å²) in [6.07, 6.45) is 0.401. The summed E-state index contributed by atoms with van der Waals surface area (Å²) in [5.41, 5.74) is 1.02. The van der Waals surface area contributed by atoms with Gasteiger partial charge < -0.3 is 10.6 Å². The van der Waals surface area contributed by atoms with Crippen molar-refractivity contribution in [2.45, 2.75) is 13.3 Å². The number of benzene rings is 2. The normalized spacial score (nSPS) is 10.1. The average molecular weight is 304 g/mol. The zero-order valence-corrected chi connectivity index (χ0v) is 11.8. The topological polar surface area (TPSA) is 58.2 Å². The molecular weight excluding hydrogens is 290 g/mol. The zero-order chi connectivity index (χ0) is 16.1. The van der Waals surface area contributed by atoms with Gasteiger partial charge in [0.1, 0.15) is 11.6 Å².